The first-order valence-corrected chi connectivity index (χ1v) is 11.1. The maximum atomic E-state index is 14.5. The summed E-state index contributed by atoms with van der Waals surface area (Å²) in [7, 11) is 3.40. The molecule has 0 aromatic carbocycles. The van der Waals surface area contributed by atoms with Crippen molar-refractivity contribution >= 4 is 28.4 Å². The second-order valence-electron chi connectivity index (χ2n) is 8.58. The summed E-state index contributed by atoms with van der Waals surface area (Å²) < 4.78 is 45.4. The third-order valence-corrected chi connectivity index (χ3v) is 6.21. The predicted molar refractivity (Wildman–Crippen MR) is 124 cm³/mol. The highest BCUT2D eigenvalue weighted by molar-refractivity contribution is 5.89. The number of piperidine rings is 1. The van der Waals surface area contributed by atoms with Gasteiger partial charge in [0.05, 0.1) is 24.8 Å². The van der Waals surface area contributed by atoms with Crippen molar-refractivity contribution in [3.8, 4) is 11.3 Å². The van der Waals surface area contributed by atoms with E-state index in [9.17, 15) is 13.2 Å². The number of alkyl halides is 3. The molecule has 9 nitrogen and oxygen atoms in total. The van der Waals surface area contributed by atoms with Crippen LogP contribution in [0.4, 0.5) is 24.9 Å². The summed E-state index contributed by atoms with van der Waals surface area (Å²) in [5.74, 6) is -1.61. The second kappa shape index (κ2) is 8.42. The summed E-state index contributed by atoms with van der Waals surface area (Å²) in [5.41, 5.74) is 3.35. The van der Waals surface area contributed by atoms with Crippen molar-refractivity contribution in [1.29, 1.82) is 0 Å². The lowest BCUT2D eigenvalue weighted by atomic mass is 10.0. The highest BCUT2D eigenvalue weighted by atomic mass is 19.3. The number of aryl methyl sites for hydroxylation is 2. The number of fused-ring (bicyclic) bond motifs is 2. The number of aromatic nitrogens is 6. The highest BCUT2D eigenvalue weighted by Crippen LogP contribution is 2.32. The minimum Gasteiger partial charge on any atom is -0.371 e. The summed E-state index contributed by atoms with van der Waals surface area (Å²) in [6.07, 6.45) is 2.02. The Balaban J connectivity index is 1.54. The van der Waals surface area contributed by atoms with Crippen molar-refractivity contribution in [2.75, 3.05) is 44.5 Å². The van der Waals surface area contributed by atoms with Crippen LogP contribution in [0.25, 0.3) is 27.9 Å². The van der Waals surface area contributed by atoms with Gasteiger partial charge in [0.15, 0.2) is 11.5 Å². The standard InChI is InChI=1S/C22H26F3N9/c1-13-27-16-5-4-15(28-20(16)33(13)11-8-23)14-6-10-34-18(14)19(26-2)30-21(31-34)29-17-7-9-32(3)12-22(17,24)25/h4-6,10,17H,7-9,11-12H2,1-3H3,(H2,26,29,30,31). The number of rotatable bonds is 6. The molecule has 1 saturated heterocycles. The molecule has 5 heterocycles. The van der Waals surface area contributed by atoms with Gasteiger partial charge in [0.1, 0.15) is 23.5 Å². The average Bonchev–Trinajstić information content (AvgIpc) is 3.35. The normalized spacial score (nSPS) is 18.6. The van der Waals surface area contributed by atoms with Crippen LogP contribution in [0.5, 0.6) is 0 Å². The zero-order chi connectivity index (χ0) is 24.0. The van der Waals surface area contributed by atoms with Crippen LogP contribution < -0.4 is 10.6 Å². The number of hydrogen-bond acceptors (Lipinski definition) is 7. The Hall–Kier alpha value is -3.41. The summed E-state index contributed by atoms with van der Waals surface area (Å²) in [6.45, 7) is 1.73. The lowest BCUT2D eigenvalue weighted by Gasteiger charge is -2.36. The molecule has 1 unspecified atom stereocenters. The maximum absolute atomic E-state index is 14.5. The number of anilines is 2. The zero-order valence-corrected chi connectivity index (χ0v) is 19.2. The smallest absolute Gasteiger partial charge is 0.280 e. The lowest BCUT2D eigenvalue weighted by molar-refractivity contribution is -0.0675. The van der Waals surface area contributed by atoms with Crippen LogP contribution in [-0.2, 0) is 6.54 Å². The van der Waals surface area contributed by atoms with Gasteiger partial charge < -0.3 is 20.1 Å². The van der Waals surface area contributed by atoms with Crippen LogP contribution in [0, 0.1) is 6.92 Å². The molecule has 2 N–H and O–H groups in total. The van der Waals surface area contributed by atoms with Crippen LogP contribution in [0.15, 0.2) is 24.4 Å². The first kappa shape index (κ1) is 22.4. The van der Waals surface area contributed by atoms with E-state index >= 15 is 0 Å². The van der Waals surface area contributed by atoms with Crippen LogP contribution >= 0.6 is 0 Å². The zero-order valence-electron chi connectivity index (χ0n) is 19.2. The van der Waals surface area contributed by atoms with E-state index in [1.54, 1.807) is 34.3 Å². The van der Waals surface area contributed by atoms with Crippen molar-refractivity contribution in [1.82, 2.24) is 34.0 Å². The fraction of sp³-hybridized carbons (Fsp3) is 0.455. The van der Waals surface area contributed by atoms with Crippen LogP contribution in [0.1, 0.15) is 12.2 Å². The van der Waals surface area contributed by atoms with E-state index < -0.39 is 18.6 Å². The minimum atomic E-state index is -2.90. The molecule has 0 spiro atoms. The number of pyridine rings is 1. The van der Waals surface area contributed by atoms with E-state index in [0.717, 1.165) is 5.56 Å². The Labute approximate surface area is 194 Å². The van der Waals surface area contributed by atoms with Crippen molar-refractivity contribution in [3.05, 3.63) is 30.2 Å². The van der Waals surface area contributed by atoms with Gasteiger partial charge in [0.25, 0.3) is 5.92 Å². The third-order valence-electron chi connectivity index (χ3n) is 6.21. The van der Waals surface area contributed by atoms with E-state index in [-0.39, 0.29) is 25.5 Å². The Bertz CT molecular complexity index is 1350. The molecule has 1 aliphatic heterocycles. The molecule has 0 bridgehead atoms. The van der Waals surface area contributed by atoms with Gasteiger partial charge in [-0.05, 0) is 38.6 Å². The maximum Gasteiger partial charge on any atom is 0.280 e. The first-order valence-electron chi connectivity index (χ1n) is 11.1. The monoisotopic (exact) mass is 473 g/mol. The van der Waals surface area contributed by atoms with Crippen molar-refractivity contribution < 1.29 is 13.2 Å². The van der Waals surface area contributed by atoms with Crippen molar-refractivity contribution in [2.24, 2.45) is 0 Å². The van der Waals surface area contributed by atoms with Crippen molar-refractivity contribution in [2.45, 2.75) is 31.9 Å². The fourth-order valence-corrected chi connectivity index (χ4v) is 4.53. The SMILES string of the molecule is CNc1nc(NC2CCN(C)CC2(F)F)nn2ccc(-c3ccc4nc(C)n(CCF)c4n3)c12. The Morgan fingerprint density at radius 3 is 2.74 bits per heavy atom. The van der Waals surface area contributed by atoms with Crippen LogP contribution in [-0.4, -0.2) is 79.9 Å². The third kappa shape index (κ3) is 3.81. The summed E-state index contributed by atoms with van der Waals surface area (Å²) in [4.78, 5) is 15.3. The molecule has 34 heavy (non-hydrogen) atoms. The molecule has 0 amide bonds. The number of imidazole rings is 1. The Morgan fingerprint density at radius 1 is 1.18 bits per heavy atom. The number of nitrogens with one attached hydrogen (secondary N) is 2. The average molecular weight is 474 g/mol. The summed E-state index contributed by atoms with van der Waals surface area (Å²) >= 11 is 0. The van der Waals surface area contributed by atoms with Gasteiger partial charge in [-0.1, -0.05) is 0 Å². The summed E-state index contributed by atoms with van der Waals surface area (Å²) in [5, 5.41) is 10.3. The molecule has 0 saturated carbocycles. The molecule has 0 radical (unpaired) electrons. The van der Waals surface area contributed by atoms with Gasteiger partial charge in [-0.15, -0.1) is 5.10 Å². The molecular formula is C22H26F3N9. The van der Waals surface area contributed by atoms with Gasteiger partial charge in [0, 0.05) is 25.4 Å². The van der Waals surface area contributed by atoms with Gasteiger partial charge in [-0.2, -0.15) is 4.98 Å². The molecule has 4 aromatic heterocycles. The molecule has 12 heteroatoms. The Morgan fingerprint density at radius 2 is 2.00 bits per heavy atom. The molecule has 1 atom stereocenters. The van der Waals surface area contributed by atoms with E-state index in [1.165, 1.54) is 0 Å². The topological polar surface area (TPSA) is 88.2 Å². The quantitative estimate of drug-likeness (QED) is 0.445. The number of hydrogen-bond donors (Lipinski definition) is 2. The Kier molecular flexibility index (Phi) is 5.54. The number of halogens is 3. The molecule has 1 fully saturated rings. The number of nitrogens with zero attached hydrogens (tertiary/aromatic N) is 7. The molecule has 5 rings (SSSR count). The van der Waals surface area contributed by atoms with E-state index in [1.807, 2.05) is 25.1 Å². The fourth-order valence-electron chi connectivity index (χ4n) is 4.53. The number of likely N-dealkylation sites (tertiary alicyclic amines) is 1. The van der Waals surface area contributed by atoms with Gasteiger partial charge >= 0.3 is 0 Å². The van der Waals surface area contributed by atoms with E-state index in [2.05, 4.69) is 25.7 Å². The molecule has 0 aliphatic carbocycles. The predicted octanol–water partition coefficient (Wildman–Crippen LogP) is 3.21. The highest BCUT2D eigenvalue weighted by Gasteiger charge is 2.44. The molecule has 180 valence electrons. The van der Waals surface area contributed by atoms with Gasteiger partial charge in [-0.25, -0.2) is 27.7 Å². The molecule has 1 aliphatic rings. The second-order valence-corrected chi connectivity index (χ2v) is 8.58. The summed E-state index contributed by atoms with van der Waals surface area (Å²) in [6, 6.07) is 4.48. The van der Waals surface area contributed by atoms with Gasteiger partial charge in [-0.3, -0.25) is 0 Å². The lowest BCUT2D eigenvalue weighted by Crippen LogP contribution is -2.53. The van der Waals surface area contributed by atoms with Crippen LogP contribution in [0.3, 0.4) is 0 Å². The largest absolute Gasteiger partial charge is 0.371 e. The minimum absolute atomic E-state index is 0.119. The van der Waals surface area contributed by atoms with E-state index in [4.69, 9.17) is 4.98 Å². The first-order chi connectivity index (χ1) is 16.3. The van der Waals surface area contributed by atoms with Crippen LogP contribution in [0.2, 0.25) is 0 Å². The molecular weight excluding hydrogens is 447 g/mol. The van der Waals surface area contributed by atoms with Crippen molar-refractivity contribution in [3.63, 3.8) is 0 Å². The van der Waals surface area contributed by atoms with E-state index in [0.29, 0.717) is 40.6 Å². The molecule has 4 aromatic rings. The van der Waals surface area contributed by atoms with Gasteiger partial charge in [0.2, 0.25) is 5.95 Å².